The molecule has 0 saturated heterocycles. The minimum absolute atomic E-state index is 1.07. The molecule has 1 heterocycles. The van der Waals surface area contributed by atoms with Crippen LogP contribution in [0, 0.1) is 0 Å². The fourth-order valence-electron chi connectivity index (χ4n) is 2.44. The summed E-state index contributed by atoms with van der Waals surface area (Å²) in [6.45, 7) is 4.43. The van der Waals surface area contributed by atoms with Crippen molar-refractivity contribution in [2.45, 2.75) is 35.8 Å². The zero-order valence-electron chi connectivity index (χ0n) is 13.0. The van der Waals surface area contributed by atoms with Crippen LogP contribution >= 0.6 is 23.1 Å². The first-order valence-corrected chi connectivity index (χ1v) is 9.37. The predicted molar refractivity (Wildman–Crippen MR) is 99.1 cm³/mol. The monoisotopic (exact) mass is 324 g/mol. The molecule has 0 aliphatic heterocycles. The summed E-state index contributed by atoms with van der Waals surface area (Å²) in [4.78, 5) is 2.79. The number of benzene rings is 2. The Kier molecular flexibility index (Phi) is 5.01. The van der Waals surface area contributed by atoms with Crippen molar-refractivity contribution in [3.8, 4) is 11.1 Å². The highest BCUT2D eigenvalue weighted by molar-refractivity contribution is 8.01. The van der Waals surface area contributed by atoms with E-state index in [4.69, 9.17) is 0 Å². The third kappa shape index (κ3) is 3.63. The summed E-state index contributed by atoms with van der Waals surface area (Å²) in [6, 6.07) is 22.1. The maximum absolute atomic E-state index is 2.32. The van der Waals surface area contributed by atoms with E-state index in [0.29, 0.717) is 0 Å². The third-order valence-electron chi connectivity index (χ3n) is 3.69. The minimum Gasteiger partial charge on any atom is -0.134 e. The molecule has 0 saturated carbocycles. The van der Waals surface area contributed by atoms with Crippen molar-refractivity contribution in [1.82, 2.24) is 0 Å². The quantitative estimate of drug-likeness (QED) is 0.503. The van der Waals surface area contributed by atoms with Gasteiger partial charge in [0.15, 0.2) is 0 Å². The van der Waals surface area contributed by atoms with Gasteiger partial charge in [0.25, 0.3) is 0 Å². The molecule has 2 heteroatoms. The Hall–Kier alpha value is -1.51. The van der Waals surface area contributed by atoms with Gasteiger partial charge in [-0.2, -0.15) is 0 Å². The molecule has 0 unspecified atom stereocenters. The van der Waals surface area contributed by atoms with Crippen LogP contribution < -0.4 is 0 Å². The Labute approximate surface area is 141 Å². The van der Waals surface area contributed by atoms with Gasteiger partial charge >= 0.3 is 0 Å². The van der Waals surface area contributed by atoms with Crippen LogP contribution in [0.5, 0.6) is 0 Å². The normalized spacial score (nSPS) is 10.8. The van der Waals surface area contributed by atoms with Crippen molar-refractivity contribution in [2.75, 3.05) is 0 Å². The van der Waals surface area contributed by atoms with Gasteiger partial charge in [0.2, 0.25) is 0 Å². The van der Waals surface area contributed by atoms with Crippen molar-refractivity contribution < 1.29 is 0 Å². The van der Waals surface area contributed by atoms with Crippen molar-refractivity contribution >= 4 is 23.1 Å². The molecule has 22 heavy (non-hydrogen) atoms. The molecule has 3 rings (SSSR count). The van der Waals surface area contributed by atoms with Gasteiger partial charge in [-0.15, -0.1) is 11.3 Å². The summed E-state index contributed by atoms with van der Waals surface area (Å²) in [5.41, 5.74) is 4.01. The molecule has 2 aromatic carbocycles. The van der Waals surface area contributed by atoms with Gasteiger partial charge in [-0.3, -0.25) is 0 Å². The van der Waals surface area contributed by atoms with Crippen LogP contribution in [0.15, 0.2) is 69.8 Å². The predicted octanol–water partition coefficient (Wildman–Crippen LogP) is 6.69. The number of aryl methyl sites for hydroxylation is 2. The lowest BCUT2D eigenvalue weighted by molar-refractivity contribution is 1.12. The second kappa shape index (κ2) is 7.17. The van der Waals surface area contributed by atoms with Gasteiger partial charge < -0.3 is 0 Å². The van der Waals surface area contributed by atoms with Crippen LogP contribution in [-0.2, 0) is 12.8 Å². The number of hydrogen-bond donors (Lipinski definition) is 0. The molecule has 0 spiro atoms. The van der Waals surface area contributed by atoms with Crippen LogP contribution in [0.4, 0.5) is 0 Å². The first kappa shape index (κ1) is 15.4. The zero-order chi connectivity index (χ0) is 15.4. The zero-order valence-corrected chi connectivity index (χ0v) is 14.6. The molecule has 0 bridgehead atoms. The lowest BCUT2D eigenvalue weighted by atomic mass is 10.0. The van der Waals surface area contributed by atoms with Crippen LogP contribution in [-0.4, -0.2) is 0 Å². The summed E-state index contributed by atoms with van der Waals surface area (Å²) < 4.78 is 1.38. The lowest BCUT2D eigenvalue weighted by Gasteiger charge is -2.08. The second-order valence-corrected chi connectivity index (χ2v) is 7.80. The van der Waals surface area contributed by atoms with Crippen LogP contribution in [0.1, 0.15) is 24.3 Å². The molecule has 0 amide bonds. The molecule has 0 radical (unpaired) electrons. The van der Waals surface area contributed by atoms with Crippen LogP contribution in [0.3, 0.4) is 0 Å². The molecule has 0 nitrogen and oxygen atoms in total. The van der Waals surface area contributed by atoms with Gasteiger partial charge in [-0.25, -0.2) is 0 Å². The van der Waals surface area contributed by atoms with E-state index < -0.39 is 0 Å². The Morgan fingerprint density at radius 3 is 2.32 bits per heavy atom. The standard InChI is InChI=1S/C20H20S2/c1-3-15-12-17(16-8-6-5-7-9-16)14-19(13-15)22-20-11-10-18(4-2)21-20/h5-14H,3-4H2,1-2H3. The molecule has 1 aromatic heterocycles. The maximum Gasteiger partial charge on any atom is 0.0649 e. The molecule has 0 N–H and O–H groups in total. The second-order valence-electron chi connectivity index (χ2n) is 5.26. The van der Waals surface area contributed by atoms with Crippen LogP contribution in [0.2, 0.25) is 0 Å². The molecule has 0 atom stereocenters. The van der Waals surface area contributed by atoms with Gasteiger partial charge in [0.1, 0.15) is 0 Å². The largest absolute Gasteiger partial charge is 0.134 e. The molecule has 0 fully saturated rings. The summed E-state index contributed by atoms with van der Waals surface area (Å²) in [5.74, 6) is 0. The molecule has 0 aliphatic carbocycles. The van der Waals surface area contributed by atoms with E-state index >= 15 is 0 Å². The van der Waals surface area contributed by atoms with E-state index in [1.54, 1.807) is 0 Å². The SMILES string of the molecule is CCc1cc(Sc2ccc(CC)s2)cc(-c2ccccc2)c1. The number of hydrogen-bond acceptors (Lipinski definition) is 2. The Bertz CT molecular complexity index is 741. The van der Waals surface area contributed by atoms with E-state index in [9.17, 15) is 0 Å². The Balaban J connectivity index is 1.93. The summed E-state index contributed by atoms with van der Waals surface area (Å²) in [5, 5.41) is 0. The van der Waals surface area contributed by atoms with Crippen molar-refractivity contribution in [3.05, 3.63) is 71.1 Å². The average Bonchev–Trinajstić information content (AvgIpc) is 3.03. The molecule has 3 aromatic rings. The van der Waals surface area contributed by atoms with E-state index in [1.165, 1.54) is 30.7 Å². The highest BCUT2D eigenvalue weighted by Crippen LogP contribution is 2.36. The van der Waals surface area contributed by atoms with Gasteiger partial charge in [0, 0.05) is 9.77 Å². The highest BCUT2D eigenvalue weighted by atomic mass is 32.2. The van der Waals surface area contributed by atoms with Gasteiger partial charge in [-0.05, 0) is 53.8 Å². The fraction of sp³-hybridized carbons (Fsp3) is 0.200. The molecule has 0 aliphatic rings. The van der Waals surface area contributed by atoms with Crippen molar-refractivity contribution in [1.29, 1.82) is 0 Å². The van der Waals surface area contributed by atoms with E-state index in [1.807, 2.05) is 23.1 Å². The molecular weight excluding hydrogens is 304 g/mol. The van der Waals surface area contributed by atoms with E-state index in [0.717, 1.165) is 12.8 Å². The van der Waals surface area contributed by atoms with Crippen LogP contribution in [0.25, 0.3) is 11.1 Å². The minimum atomic E-state index is 1.07. The first-order valence-electron chi connectivity index (χ1n) is 7.74. The van der Waals surface area contributed by atoms with Crippen molar-refractivity contribution in [2.24, 2.45) is 0 Å². The first-order chi connectivity index (χ1) is 10.8. The summed E-state index contributed by atoms with van der Waals surface area (Å²) in [6.07, 6.45) is 2.19. The van der Waals surface area contributed by atoms with E-state index in [-0.39, 0.29) is 0 Å². The van der Waals surface area contributed by atoms with E-state index in [2.05, 4.69) is 74.5 Å². The van der Waals surface area contributed by atoms with Gasteiger partial charge in [0.05, 0.1) is 4.21 Å². The summed E-state index contributed by atoms with van der Waals surface area (Å²) >= 11 is 3.79. The number of thiophene rings is 1. The Morgan fingerprint density at radius 2 is 1.64 bits per heavy atom. The third-order valence-corrected chi connectivity index (χ3v) is 6.02. The summed E-state index contributed by atoms with van der Waals surface area (Å²) in [7, 11) is 0. The Morgan fingerprint density at radius 1 is 0.818 bits per heavy atom. The number of rotatable bonds is 5. The lowest BCUT2D eigenvalue weighted by Crippen LogP contribution is -1.85. The van der Waals surface area contributed by atoms with Crippen molar-refractivity contribution in [3.63, 3.8) is 0 Å². The molecular formula is C20H20S2. The van der Waals surface area contributed by atoms with Gasteiger partial charge in [-0.1, -0.05) is 62.0 Å². The average molecular weight is 325 g/mol. The fourth-order valence-corrected chi connectivity index (χ4v) is 4.66. The smallest absolute Gasteiger partial charge is 0.0649 e. The topological polar surface area (TPSA) is 0 Å². The molecule has 112 valence electrons. The maximum atomic E-state index is 2.32. The highest BCUT2D eigenvalue weighted by Gasteiger charge is 2.06.